The number of hydrogen-bond acceptors (Lipinski definition) is 4. The lowest BCUT2D eigenvalue weighted by Gasteiger charge is -2.00. The predicted molar refractivity (Wildman–Crippen MR) is 87.2 cm³/mol. The highest BCUT2D eigenvalue weighted by Crippen LogP contribution is 2.15. The van der Waals surface area contributed by atoms with E-state index in [0.717, 1.165) is 0 Å². The molecule has 1 aromatic heterocycles. The fourth-order valence-corrected chi connectivity index (χ4v) is 1.80. The van der Waals surface area contributed by atoms with Gasteiger partial charge in [0.15, 0.2) is 5.78 Å². The van der Waals surface area contributed by atoms with Crippen LogP contribution in [0.4, 0.5) is 5.69 Å². The molecule has 0 aliphatic heterocycles. The first kappa shape index (κ1) is 16.0. The second kappa shape index (κ2) is 8.19. The molecule has 0 amide bonds. The smallest absolute Gasteiger partial charge is 0.269 e. The minimum Gasteiger partial charge on any atom is -0.289 e. The van der Waals surface area contributed by atoms with Gasteiger partial charge in [0, 0.05) is 35.7 Å². The van der Waals surface area contributed by atoms with Crippen LogP contribution >= 0.6 is 0 Å². The normalized spacial score (nSPS) is 9.39. The second-order valence-corrected chi connectivity index (χ2v) is 4.52. The quantitative estimate of drug-likeness (QED) is 0.418. The lowest BCUT2D eigenvalue weighted by molar-refractivity contribution is -0.384. The Hall–Kier alpha value is -3.34. The molecule has 0 saturated carbocycles. The van der Waals surface area contributed by atoms with Gasteiger partial charge >= 0.3 is 0 Å². The lowest BCUT2D eigenvalue weighted by atomic mass is 10.0. The van der Waals surface area contributed by atoms with Gasteiger partial charge in [0.25, 0.3) is 5.69 Å². The SMILES string of the molecule is O=C(c1ccccc1)c1ccc([N+](=O)[O-])cc1.c1ccncc1. The van der Waals surface area contributed by atoms with E-state index in [4.69, 9.17) is 0 Å². The number of rotatable bonds is 3. The van der Waals surface area contributed by atoms with Crippen LogP contribution in [-0.2, 0) is 0 Å². The first-order valence-corrected chi connectivity index (χ1v) is 6.87. The molecule has 0 unspecified atom stereocenters. The number of carbonyl (C=O) groups excluding carboxylic acids is 1. The Morgan fingerprint density at radius 1 is 0.783 bits per heavy atom. The monoisotopic (exact) mass is 306 g/mol. The molecule has 5 nitrogen and oxygen atoms in total. The van der Waals surface area contributed by atoms with E-state index in [9.17, 15) is 14.9 Å². The van der Waals surface area contributed by atoms with Crippen molar-refractivity contribution in [2.45, 2.75) is 0 Å². The van der Waals surface area contributed by atoms with Crippen molar-refractivity contribution in [2.24, 2.45) is 0 Å². The Morgan fingerprint density at radius 2 is 1.30 bits per heavy atom. The molecule has 5 heteroatoms. The maximum Gasteiger partial charge on any atom is 0.269 e. The van der Waals surface area contributed by atoms with Crippen molar-refractivity contribution in [1.82, 2.24) is 4.98 Å². The van der Waals surface area contributed by atoms with Gasteiger partial charge in [-0.1, -0.05) is 36.4 Å². The number of nitro groups is 1. The van der Waals surface area contributed by atoms with Gasteiger partial charge < -0.3 is 0 Å². The Balaban J connectivity index is 0.000000268. The summed E-state index contributed by atoms with van der Waals surface area (Å²) in [7, 11) is 0. The number of carbonyl (C=O) groups is 1. The Kier molecular flexibility index (Phi) is 5.71. The topological polar surface area (TPSA) is 73.1 Å². The molecule has 0 spiro atoms. The molecule has 2 aromatic carbocycles. The van der Waals surface area contributed by atoms with E-state index in [1.165, 1.54) is 24.3 Å². The summed E-state index contributed by atoms with van der Waals surface area (Å²) in [5.41, 5.74) is 0.998. The summed E-state index contributed by atoms with van der Waals surface area (Å²) in [6.07, 6.45) is 3.50. The van der Waals surface area contributed by atoms with Crippen LogP contribution in [0.5, 0.6) is 0 Å². The van der Waals surface area contributed by atoms with E-state index in [1.807, 2.05) is 24.3 Å². The van der Waals surface area contributed by atoms with Gasteiger partial charge in [-0.15, -0.1) is 0 Å². The van der Waals surface area contributed by atoms with E-state index in [-0.39, 0.29) is 11.5 Å². The van der Waals surface area contributed by atoms with Gasteiger partial charge in [-0.05, 0) is 24.3 Å². The predicted octanol–water partition coefficient (Wildman–Crippen LogP) is 3.91. The first-order valence-electron chi connectivity index (χ1n) is 6.87. The van der Waals surface area contributed by atoms with Gasteiger partial charge in [-0.3, -0.25) is 19.9 Å². The highest BCUT2D eigenvalue weighted by Gasteiger charge is 2.10. The Bertz CT molecular complexity index is 731. The third-order valence-electron chi connectivity index (χ3n) is 2.94. The zero-order valence-corrected chi connectivity index (χ0v) is 12.2. The maximum absolute atomic E-state index is 12.0. The average molecular weight is 306 g/mol. The molecular weight excluding hydrogens is 292 g/mol. The Labute approximate surface area is 133 Å². The number of nitrogens with zero attached hydrogens (tertiary/aromatic N) is 2. The van der Waals surface area contributed by atoms with E-state index in [2.05, 4.69) is 4.98 Å². The first-order chi connectivity index (χ1) is 11.2. The summed E-state index contributed by atoms with van der Waals surface area (Å²) >= 11 is 0. The summed E-state index contributed by atoms with van der Waals surface area (Å²) in [6.45, 7) is 0. The van der Waals surface area contributed by atoms with Crippen molar-refractivity contribution < 1.29 is 9.72 Å². The van der Waals surface area contributed by atoms with Gasteiger partial charge in [0.05, 0.1) is 4.92 Å². The van der Waals surface area contributed by atoms with Crippen LogP contribution < -0.4 is 0 Å². The molecule has 1 heterocycles. The largest absolute Gasteiger partial charge is 0.289 e. The molecule has 0 bridgehead atoms. The number of nitro benzene ring substituents is 1. The Morgan fingerprint density at radius 3 is 1.74 bits per heavy atom. The van der Waals surface area contributed by atoms with E-state index < -0.39 is 4.92 Å². The maximum atomic E-state index is 12.0. The molecule has 0 aliphatic rings. The number of hydrogen-bond donors (Lipinski definition) is 0. The fraction of sp³-hybridized carbons (Fsp3) is 0. The number of benzene rings is 2. The molecule has 114 valence electrons. The highest BCUT2D eigenvalue weighted by atomic mass is 16.6. The van der Waals surface area contributed by atoms with E-state index in [0.29, 0.717) is 11.1 Å². The molecule has 23 heavy (non-hydrogen) atoms. The van der Waals surface area contributed by atoms with Crippen LogP contribution in [0.25, 0.3) is 0 Å². The van der Waals surface area contributed by atoms with Crippen molar-refractivity contribution in [3.8, 4) is 0 Å². The number of non-ortho nitro benzene ring substituents is 1. The molecule has 0 N–H and O–H groups in total. The van der Waals surface area contributed by atoms with Crippen molar-refractivity contribution in [3.05, 3.63) is 106 Å². The van der Waals surface area contributed by atoms with E-state index in [1.54, 1.807) is 36.7 Å². The molecule has 0 radical (unpaired) electrons. The van der Waals surface area contributed by atoms with Crippen LogP contribution in [0.1, 0.15) is 15.9 Å². The van der Waals surface area contributed by atoms with Gasteiger partial charge in [0.1, 0.15) is 0 Å². The van der Waals surface area contributed by atoms with Gasteiger partial charge in [-0.2, -0.15) is 0 Å². The molecule has 0 atom stereocenters. The zero-order valence-electron chi connectivity index (χ0n) is 12.2. The van der Waals surface area contributed by atoms with Gasteiger partial charge in [0.2, 0.25) is 0 Å². The molecule has 0 fully saturated rings. The summed E-state index contributed by atoms with van der Waals surface area (Å²) in [5, 5.41) is 10.5. The summed E-state index contributed by atoms with van der Waals surface area (Å²) < 4.78 is 0. The van der Waals surface area contributed by atoms with Crippen molar-refractivity contribution in [3.63, 3.8) is 0 Å². The van der Waals surface area contributed by atoms with E-state index >= 15 is 0 Å². The van der Waals surface area contributed by atoms with Crippen LogP contribution in [0.15, 0.2) is 85.2 Å². The number of pyridine rings is 1. The van der Waals surface area contributed by atoms with Crippen molar-refractivity contribution in [1.29, 1.82) is 0 Å². The summed E-state index contributed by atoms with van der Waals surface area (Å²) in [5.74, 6) is -0.138. The minimum atomic E-state index is -0.489. The number of aromatic nitrogens is 1. The molecule has 0 aliphatic carbocycles. The molecule has 3 aromatic rings. The summed E-state index contributed by atoms with van der Waals surface area (Å²) in [4.78, 5) is 25.7. The fourth-order valence-electron chi connectivity index (χ4n) is 1.80. The van der Waals surface area contributed by atoms with Crippen LogP contribution in [0.2, 0.25) is 0 Å². The zero-order chi connectivity index (χ0) is 16.5. The molecular formula is C18H14N2O3. The van der Waals surface area contributed by atoms with Crippen LogP contribution in [0, 0.1) is 10.1 Å². The van der Waals surface area contributed by atoms with Crippen LogP contribution in [-0.4, -0.2) is 15.7 Å². The van der Waals surface area contributed by atoms with Gasteiger partial charge in [-0.25, -0.2) is 0 Å². The molecule has 3 rings (SSSR count). The summed E-state index contributed by atoms with van der Waals surface area (Å²) in [6, 6.07) is 20.1. The standard InChI is InChI=1S/C13H9NO3.C5H5N/c15-13(10-4-2-1-3-5-10)11-6-8-12(9-7-11)14(16)17;1-2-4-6-5-3-1/h1-9H;1-5H. The lowest BCUT2D eigenvalue weighted by Crippen LogP contribution is -2.00. The van der Waals surface area contributed by atoms with Crippen molar-refractivity contribution >= 4 is 11.5 Å². The third kappa shape index (κ3) is 4.86. The minimum absolute atomic E-state index is 0.0189. The van der Waals surface area contributed by atoms with Crippen molar-refractivity contribution in [2.75, 3.05) is 0 Å². The highest BCUT2D eigenvalue weighted by molar-refractivity contribution is 6.09. The molecule has 0 saturated heterocycles. The van der Waals surface area contributed by atoms with Crippen LogP contribution in [0.3, 0.4) is 0 Å². The number of ketones is 1. The third-order valence-corrected chi connectivity index (χ3v) is 2.94. The second-order valence-electron chi connectivity index (χ2n) is 4.52. The average Bonchev–Trinajstić information content (AvgIpc) is 2.64.